The van der Waals surface area contributed by atoms with E-state index in [0.717, 1.165) is 25.0 Å². The van der Waals surface area contributed by atoms with Crippen LogP contribution < -0.4 is 10.6 Å². The Morgan fingerprint density at radius 2 is 2.10 bits per heavy atom. The van der Waals surface area contributed by atoms with Crippen molar-refractivity contribution in [2.24, 2.45) is 5.92 Å². The summed E-state index contributed by atoms with van der Waals surface area (Å²) in [6.45, 7) is 3.58. The number of rotatable bonds is 6. The van der Waals surface area contributed by atoms with Crippen molar-refractivity contribution in [3.8, 4) is 11.8 Å². The van der Waals surface area contributed by atoms with Crippen LogP contribution in [0.4, 0.5) is 10.2 Å². The highest BCUT2D eigenvalue weighted by Crippen LogP contribution is 2.30. The van der Waals surface area contributed by atoms with Crippen LogP contribution in [0.1, 0.15) is 36.1 Å². The third kappa shape index (κ3) is 4.21. The minimum absolute atomic E-state index is 0.0184. The molecule has 0 aliphatic heterocycles. The Balaban J connectivity index is 1.81. The fourth-order valence-electron chi connectivity index (χ4n) is 4.04. The van der Waals surface area contributed by atoms with Crippen molar-refractivity contribution in [1.82, 2.24) is 9.88 Å². The first-order chi connectivity index (χ1) is 14.4. The van der Waals surface area contributed by atoms with Crippen molar-refractivity contribution >= 4 is 17.7 Å². The number of ether oxygens (including phenoxy) is 1. The summed E-state index contributed by atoms with van der Waals surface area (Å²) in [6.07, 6.45) is 2.40. The Labute approximate surface area is 174 Å². The van der Waals surface area contributed by atoms with Crippen LogP contribution in [0.15, 0.2) is 24.3 Å². The average Bonchev–Trinajstić information content (AvgIpc) is 3.29. The lowest BCUT2D eigenvalue weighted by Crippen LogP contribution is -2.41. The maximum Gasteiger partial charge on any atom is 0.310 e. The Hall–Kier alpha value is -3.18. The molecule has 1 aromatic heterocycles. The van der Waals surface area contributed by atoms with Gasteiger partial charge in [0, 0.05) is 11.7 Å². The number of esters is 1. The number of nitrogens with zero attached hydrogens (tertiary/aromatic N) is 2. The Morgan fingerprint density at radius 1 is 1.33 bits per heavy atom. The number of aromatic nitrogens is 1. The number of carbonyl (C=O) groups is 2. The molecule has 1 saturated carbocycles. The minimum atomic E-state index is -0.411. The molecule has 2 aromatic rings. The van der Waals surface area contributed by atoms with Gasteiger partial charge in [-0.05, 0) is 50.5 Å². The van der Waals surface area contributed by atoms with Gasteiger partial charge in [0.15, 0.2) is 0 Å². The Morgan fingerprint density at radius 3 is 2.77 bits per heavy atom. The third-order valence-corrected chi connectivity index (χ3v) is 5.69. The second kappa shape index (κ2) is 9.09. The van der Waals surface area contributed by atoms with Crippen molar-refractivity contribution in [3.05, 3.63) is 46.9 Å². The van der Waals surface area contributed by atoms with Gasteiger partial charge in [-0.1, -0.05) is 12.5 Å². The first-order valence-electron chi connectivity index (χ1n) is 9.86. The Bertz CT molecular complexity index is 1010. The SMILES string of the molecule is COC(=O)[C@@H]1CCC[C@@H]1NCC(=O)Nc1c(C#N)c(C)c(C)n1-c1cccc(F)c1. The van der Waals surface area contributed by atoms with E-state index in [9.17, 15) is 19.2 Å². The second-order valence-corrected chi connectivity index (χ2v) is 7.46. The van der Waals surface area contributed by atoms with Gasteiger partial charge in [0.2, 0.25) is 5.91 Å². The van der Waals surface area contributed by atoms with E-state index in [1.54, 1.807) is 23.6 Å². The summed E-state index contributed by atoms with van der Waals surface area (Å²) in [5.74, 6) is -0.995. The molecule has 0 saturated heterocycles. The molecule has 1 aliphatic rings. The highest BCUT2D eigenvalue weighted by molar-refractivity contribution is 5.93. The molecule has 158 valence electrons. The summed E-state index contributed by atoms with van der Waals surface area (Å²) in [5.41, 5.74) is 2.30. The average molecular weight is 412 g/mol. The van der Waals surface area contributed by atoms with Crippen molar-refractivity contribution < 1.29 is 18.7 Å². The summed E-state index contributed by atoms with van der Waals surface area (Å²) in [7, 11) is 1.36. The number of amides is 1. The van der Waals surface area contributed by atoms with Crippen molar-refractivity contribution in [1.29, 1.82) is 5.26 Å². The van der Waals surface area contributed by atoms with Gasteiger partial charge in [-0.25, -0.2) is 4.39 Å². The molecule has 1 aliphatic carbocycles. The van der Waals surface area contributed by atoms with Crippen LogP contribution in [-0.2, 0) is 14.3 Å². The van der Waals surface area contributed by atoms with Gasteiger partial charge in [0.05, 0.1) is 30.8 Å². The molecule has 1 amide bonds. The monoisotopic (exact) mass is 412 g/mol. The largest absolute Gasteiger partial charge is 0.469 e. The zero-order valence-electron chi connectivity index (χ0n) is 17.3. The van der Waals surface area contributed by atoms with Crippen molar-refractivity contribution in [2.45, 2.75) is 39.2 Å². The molecule has 0 unspecified atom stereocenters. The van der Waals surface area contributed by atoms with E-state index in [-0.39, 0.29) is 30.4 Å². The van der Waals surface area contributed by atoms with Gasteiger partial charge < -0.3 is 15.4 Å². The van der Waals surface area contributed by atoms with Gasteiger partial charge in [0.25, 0.3) is 0 Å². The molecule has 0 bridgehead atoms. The number of nitrogens with one attached hydrogen (secondary N) is 2. The van der Waals surface area contributed by atoms with Crippen LogP contribution in [0.2, 0.25) is 0 Å². The van der Waals surface area contributed by atoms with Crippen LogP contribution in [0.3, 0.4) is 0 Å². The molecule has 1 aromatic carbocycles. The molecule has 1 fully saturated rings. The van der Waals surface area contributed by atoms with Crippen LogP contribution >= 0.6 is 0 Å². The van der Waals surface area contributed by atoms with Crippen LogP contribution in [0.5, 0.6) is 0 Å². The summed E-state index contributed by atoms with van der Waals surface area (Å²) in [6, 6.07) is 7.97. The van der Waals surface area contributed by atoms with Gasteiger partial charge >= 0.3 is 5.97 Å². The minimum Gasteiger partial charge on any atom is -0.469 e. The Kier molecular flexibility index (Phi) is 6.53. The van der Waals surface area contributed by atoms with Crippen molar-refractivity contribution in [2.75, 3.05) is 19.0 Å². The number of methoxy groups -OCH3 is 1. The lowest BCUT2D eigenvalue weighted by Gasteiger charge is -2.19. The van der Waals surface area contributed by atoms with E-state index < -0.39 is 5.82 Å². The fraction of sp³-hybridized carbons (Fsp3) is 0.409. The molecule has 0 radical (unpaired) electrons. The fourth-order valence-corrected chi connectivity index (χ4v) is 4.04. The lowest BCUT2D eigenvalue weighted by molar-refractivity contribution is -0.146. The number of nitriles is 1. The van der Waals surface area contributed by atoms with Gasteiger partial charge in [0.1, 0.15) is 17.7 Å². The molecule has 2 N–H and O–H groups in total. The van der Waals surface area contributed by atoms with E-state index in [2.05, 4.69) is 16.7 Å². The van der Waals surface area contributed by atoms with Crippen LogP contribution in [0, 0.1) is 36.9 Å². The predicted molar refractivity (Wildman–Crippen MR) is 110 cm³/mol. The quantitative estimate of drug-likeness (QED) is 0.711. The highest BCUT2D eigenvalue weighted by atomic mass is 19.1. The molecule has 0 spiro atoms. The van der Waals surface area contributed by atoms with E-state index in [1.807, 2.05) is 6.92 Å². The second-order valence-electron chi connectivity index (χ2n) is 7.46. The molecule has 30 heavy (non-hydrogen) atoms. The number of halogens is 1. The number of carbonyl (C=O) groups excluding carboxylic acids is 2. The van der Waals surface area contributed by atoms with Crippen LogP contribution in [0.25, 0.3) is 5.69 Å². The molecule has 8 heteroatoms. The van der Waals surface area contributed by atoms with E-state index >= 15 is 0 Å². The van der Waals surface area contributed by atoms with Gasteiger partial charge in [-0.2, -0.15) is 5.26 Å². The van der Waals surface area contributed by atoms with Gasteiger partial charge in [-0.3, -0.25) is 14.2 Å². The standard InChI is InChI=1S/C22H25FN4O3/c1-13-14(2)27(16-7-4-6-15(23)10-16)21(18(13)11-24)26-20(28)12-25-19-9-5-8-17(19)22(29)30-3/h4,6-7,10,17,19,25H,5,8-9,12H2,1-3H3,(H,26,28)/t17-,19+/m1/s1. The third-order valence-electron chi connectivity index (χ3n) is 5.69. The van der Waals surface area contributed by atoms with E-state index in [0.29, 0.717) is 22.6 Å². The molecular weight excluding hydrogens is 387 g/mol. The predicted octanol–water partition coefficient (Wildman–Crippen LogP) is 2.97. The number of anilines is 1. The van der Waals surface area contributed by atoms with E-state index in [1.165, 1.54) is 19.2 Å². The van der Waals surface area contributed by atoms with Crippen LogP contribution in [-0.4, -0.2) is 36.1 Å². The summed E-state index contributed by atoms with van der Waals surface area (Å²) < 4.78 is 20.3. The van der Waals surface area contributed by atoms with E-state index in [4.69, 9.17) is 4.74 Å². The zero-order chi connectivity index (χ0) is 21.8. The van der Waals surface area contributed by atoms with Gasteiger partial charge in [-0.15, -0.1) is 0 Å². The summed E-state index contributed by atoms with van der Waals surface area (Å²) in [4.78, 5) is 24.5. The molecule has 7 nitrogen and oxygen atoms in total. The van der Waals surface area contributed by atoms with Crippen molar-refractivity contribution in [3.63, 3.8) is 0 Å². The first-order valence-corrected chi connectivity index (χ1v) is 9.86. The normalized spacial score (nSPS) is 18.1. The number of hydrogen-bond acceptors (Lipinski definition) is 5. The topological polar surface area (TPSA) is 96.2 Å². The smallest absolute Gasteiger partial charge is 0.310 e. The lowest BCUT2D eigenvalue weighted by atomic mass is 10.0. The number of hydrogen-bond donors (Lipinski definition) is 2. The molecule has 2 atom stereocenters. The molecular formula is C22H25FN4O3. The summed E-state index contributed by atoms with van der Waals surface area (Å²) in [5, 5.41) is 15.5. The molecule has 3 rings (SSSR count). The highest BCUT2D eigenvalue weighted by Gasteiger charge is 2.33. The maximum atomic E-state index is 13.8. The maximum absolute atomic E-state index is 13.8. The zero-order valence-corrected chi connectivity index (χ0v) is 17.3. The number of benzene rings is 1. The first kappa shape index (κ1) is 21.5. The summed E-state index contributed by atoms with van der Waals surface area (Å²) >= 11 is 0. The molecule has 1 heterocycles.